The van der Waals surface area contributed by atoms with Crippen molar-refractivity contribution >= 4 is 0 Å². The predicted octanol–water partition coefficient (Wildman–Crippen LogP) is 2.59. The Balaban J connectivity index is 2.02. The summed E-state index contributed by atoms with van der Waals surface area (Å²) in [5.41, 5.74) is 7.39. The van der Waals surface area contributed by atoms with E-state index in [0.29, 0.717) is 12.6 Å². The van der Waals surface area contributed by atoms with Crippen molar-refractivity contribution in [3.8, 4) is 6.01 Å². The van der Waals surface area contributed by atoms with Crippen molar-refractivity contribution in [2.75, 3.05) is 0 Å². The number of hydrogen-bond acceptors (Lipinski definition) is 4. The maximum Gasteiger partial charge on any atom is 0.317 e. The van der Waals surface area contributed by atoms with Gasteiger partial charge in [-0.1, -0.05) is 19.8 Å². The van der Waals surface area contributed by atoms with Gasteiger partial charge in [0.1, 0.15) is 6.10 Å². The molecule has 2 atom stereocenters. The molecule has 1 saturated carbocycles. The molecule has 1 heterocycles. The Morgan fingerprint density at radius 2 is 2.22 bits per heavy atom. The minimum absolute atomic E-state index is 0.274. The van der Waals surface area contributed by atoms with Gasteiger partial charge in [0.15, 0.2) is 0 Å². The van der Waals surface area contributed by atoms with Gasteiger partial charge in [-0.15, -0.1) is 0 Å². The number of rotatable bonds is 4. The molecule has 0 saturated heterocycles. The Labute approximate surface area is 109 Å². The summed E-state index contributed by atoms with van der Waals surface area (Å²) in [5, 5.41) is 0. The molecule has 1 fully saturated rings. The normalized spacial score (nSPS) is 23.9. The zero-order valence-electron chi connectivity index (χ0n) is 11.4. The van der Waals surface area contributed by atoms with Crippen LogP contribution in [-0.4, -0.2) is 16.1 Å². The highest BCUT2D eigenvalue weighted by Gasteiger charge is 2.22. The molecule has 2 unspecified atom stereocenters. The van der Waals surface area contributed by atoms with Crippen LogP contribution in [0.5, 0.6) is 6.01 Å². The molecule has 0 spiro atoms. The van der Waals surface area contributed by atoms with E-state index in [9.17, 15) is 0 Å². The molecule has 1 aliphatic rings. The van der Waals surface area contributed by atoms with Gasteiger partial charge in [-0.05, 0) is 38.2 Å². The highest BCUT2D eigenvalue weighted by Crippen LogP contribution is 2.28. The second kappa shape index (κ2) is 6.14. The molecule has 0 aromatic carbocycles. The van der Waals surface area contributed by atoms with E-state index in [0.717, 1.165) is 30.1 Å². The maximum absolute atomic E-state index is 5.93. The molecule has 0 bridgehead atoms. The van der Waals surface area contributed by atoms with Gasteiger partial charge in [0.05, 0.1) is 5.69 Å². The summed E-state index contributed by atoms with van der Waals surface area (Å²) in [6.07, 6.45) is 6.34. The first-order valence-electron chi connectivity index (χ1n) is 6.92. The summed E-state index contributed by atoms with van der Waals surface area (Å²) in [5.74, 6) is 0.794. The molecule has 1 aromatic heterocycles. The van der Waals surface area contributed by atoms with E-state index in [4.69, 9.17) is 10.5 Å². The predicted molar refractivity (Wildman–Crippen MR) is 71.3 cm³/mol. The molecule has 0 amide bonds. The highest BCUT2D eigenvalue weighted by molar-refractivity contribution is 5.12. The first kappa shape index (κ1) is 13.3. The molecule has 0 radical (unpaired) electrons. The van der Waals surface area contributed by atoms with E-state index in [1.165, 1.54) is 19.3 Å². The number of hydrogen-bond donors (Lipinski definition) is 1. The Morgan fingerprint density at radius 3 is 2.94 bits per heavy atom. The van der Waals surface area contributed by atoms with Crippen LogP contribution < -0.4 is 10.5 Å². The minimum Gasteiger partial charge on any atom is -0.460 e. The summed E-state index contributed by atoms with van der Waals surface area (Å²) in [7, 11) is 0. The van der Waals surface area contributed by atoms with Gasteiger partial charge in [0.25, 0.3) is 0 Å². The van der Waals surface area contributed by atoms with Gasteiger partial charge >= 0.3 is 6.01 Å². The highest BCUT2D eigenvalue weighted by atomic mass is 16.5. The first-order chi connectivity index (χ1) is 8.71. The molecular weight excluding hydrogens is 226 g/mol. The second-order valence-corrected chi connectivity index (χ2v) is 5.17. The lowest BCUT2D eigenvalue weighted by molar-refractivity contribution is 0.111. The van der Waals surface area contributed by atoms with Gasteiger partial charge < -0.3 is 10.5 Å². The zero-order chi connectivity index (χ0) is 13.0. The first-order valence-corrected chi connectivity index (χ1v) is 6.92. The third kappa shape index (κ3) is 3.42. The molecule has 18 heavy (non-hydrogen) atoms. The maximum atomic E-state index is 5.93. The van der Waals surface area contributed by atoms with Crippen LogP contribution in [0.25, 0.3) is 0 Å². The number of aromatic nitrogens is 2. The van der Waals surface area contributed by atoms with Crippen molar-refractivity contribution in [3.63, 3.8) is 0 Å². The van der Waals surface area contributed by atoms with Gasteiger partial charge in [0.2, 0.25) is 0 Å². The topological polar surface area (TPSA) is 61.0 Å². The van der Waals surface area contributed by atoms with E-state index < -0.39 is 0 Å². The van der Waals surface area contributed by atoms with E-state index in [1.54, 1.807) is 0 Å². The van der Waals surface area contributed by atoms with Crippen LogP contribution in [0.1, 0.15) is 50.4 Å². The smallest absolute Gasteiger partial charge is 0.317 e. The third-order valence-electron chi connectivity index (χ3n) is 3.68. The van der Waals surface area contributed by atoms with Crippen molar-refractivity contribution in [1.82, 2.24) is 9.97 Å². The zero-order valence-corrected chi connectivity index (χ0v) is 11.4. The summed E-state index contributed by atoms with van der Waals surface area (Å²) in [6, 6.07) is 2.40. The number of nitrogens with two attached hydrogens (primary N) is 1. The van der Waals surface area contributed by atoms with Crippen LogP contribution in [0.4, 0.5) is 0 Å². The quantitative estimate of drug-likeness (QED) is 0.891. The van der Waals surface area contributed by atoms with Crippen molar-refractivity contribution < 1.29 is 4.74 Å². The summed E-state index contributed by atoms with van der Waals surface area (Å²) < 4.78 is 5.93. The third-order valence-corrected chi connectivity index (χ3v) is 3.68. The van der Waals surface area contributed by atoms with Crippen LogP contribution in [0.3, 0.4) is 0 Å². The van der Waals surface area contributed by atoms with E-state index in [-0.39, 0.29) is 6.10 Å². The summed E-state index contributed by atoms with van der Waals surface area (Å²) >= 11 is 0. The van der Waals surface area contributed by atoms with Gasteiger partial charge in [-0.2, -0.15) is 4.98 Å². The van der Waals surface area contributed by atoms with Crippen LogP contribution in [-0.2, 0) is 6.54 Å². The molecular formula is C14H23N3O. The summed E-state index contributed by atoms with van der Waals surface area (Å²) in [4.78, 5) is 8.68. The fraction of sp³-hybridized carbons (Fsp3) is 0.714. The standard InChI is InChI=1S/C14H23N3O/c1-3-11-5-4-6-13(8-11)18-14-16-10(2)7-12(9-15)17-14/h7,11,13H,3-6,8-9,15H2,1-2H3. The minimum atomic E-state index is 0.274. The molecule has 100 valence electrons. The van der Waals surface area contributed by atoms with Gasteiger partial charge in [-0.25, -0.2) is 4.98 Å². The molecule has 1 aromatic rings. The van der Waals surface area contributed by atoms with Gasteiger partial charge in [0, 0.05) is 12.2 Å². The Kier molecular flexibility index (Phi) is 4.53. The van der Waals surface area contributed by atoms with Crippen LogP contribution in [0.15, 0.2) is 6.07 Å². The molecule has 1 aliphatic carbocycles. The fourth-order valence-electron chi connectivity index (χ4n) is 2.63. The lowest BCUT2D eigenvalue weighted by Gasteiger charge is -2.28. The van der Waals surface area contributed by atoms with E-state index in [1.807, 2.05) is 13.0 Å². The Morgan fingerprint density at radius 1 is 1.39 bits per heavy atom. The molecule has 4 nitrogen and oxygen atoms in total. The monoisotopic (exact) mass is 249 g/mol. The molecule has 2 rings (SSSR count). The molecule has 0 aliphatic heterocycles. The molecule has 4 heteroatoms. The lowest BCUT2D eigenvalue weighted by atomic mass is 9.85. The number of aryl methyl sites for hydroxylation is 1. The van der Waals surface area contributed by atoms with Crippen molar-refractivity contribution in [2.24, 2.45) is 11.7 Å². The fourth-order valence-corrected chi connectivity index (χ4v) is 2.63. The SMILES string of the molecule is CCC1CCCC(Oc2nc(C)cc(CN)n2)C1. The molecule has 2 N–H and O–H groups in total. The summed E-state index contributed by atoms with van der Waals surface area (Å²) in [6.45, 7) is 4.63. The average Bonchev–Trinajstić information content (AvgIpc) is 2.38. The second-order valence-electron chi connectivity index (χ2n) is 5.17. The van der Waals surface area contributed by atoms with Crippen molar-refractivity contribution in [3.05, 3.63) is 17.5 Å². The largest absolute Gasteiger partial charge is 0.460 e. The lowest BCUT2D eigenvalue weighted by Crippen LogP contribution is -2.26. The van der Waals surface area contributed by atoms with Gasteiger partial charge in [-0.3, -0.25) is 0 Å². The van der Waals surface area contributed by atoms with E-state index in [2.05, 4.69) is 16.9 Å². The van der Waals surface area contributed by atoms with Crippen LogP contribution >= 0.6 is 0 Å². The average molecular weight is 249 g/mol. The van der Waals surface area contributed by atoms with Crippen molar-refractivity contribution in [1.29, 1.82) is 0 Å². The van der Waals surface area contributed by atoms with E-state index >= 15 is 0 Å². The van der Waals surface area contributed by atoms with Crippen LogP contribution in [0, 0.1) is 12.8 Å². The van der Waals surface area contributed by atoms with Crippen molar-refractivity contribution in [2.45, 2.75) is 58.6 Å². The Bertz CT molecular complexity index is 395. The number of nitrogens with zero attached hydrogens (tertiary/aromatic N) is 2. The Hall–Kier alpha value is -1.16. The van der Waals surface area contributed by atoms with Crippen LogP contribution in [0.2, 0.25) is 0 Å². The number of ether oxygens (including phenoxy) is 1.